The van der Waals surface area contributed by atoms with Crippen molar-refractivity contribution >= 4 is 11.8 Å². The van der Waals surface area contributed by atoms with E-state index < -0.39 is 6.08 Å². The monoisotopic (exact) mass is 152 g/mol. The molecule has 0 aliphatic heterocycles. The van der Waals surface area contributed by atoms with Gasteiger partial charge in [0.1, 0.15) is 0 Å². The van der Waals surface area contributed by atoms with Crippen molar-refractivity contribution < 1.29 is 8.78 Å². The van der Waals surface area contributed by atoms with Gasteiger partial charge in [-0.2, -0.15) is 20.5 Å². The number of halogens is 2. The molecule has 0 bridgehead atoms. The first-order valence-electron chi connectivity index (χ1n) is 2.77. The first kappa shape index (κ1) is 8.95. The molecule has 0 radical (unpaired) electrons. The number of allylic oxidation sites excluding steroid dienone is 1. The third-order valence-corrected chi connectivity index (χ3v) is 1.55. The number of hydrogen-bond donors (Lipinski definition) is 0. The van der Waals surface area contributed by atoms with E-state index in [1.165, 1.54) is 0 Å². The van der Waals surface area contributed by atoms with Gasteiger partial charge in [-0.05, 0) is 30.9 Å². The largest absolute Gasteiger partial charge is 0.266 e. The molecule has 0 heterocycles. The molecule has 0 N–H and O–H groups in total. The Bertz CT molecular complexity index is 87.1. The van der Waals surface area contributed by atoms with Crippen LogP contribution in [0.5, 0.6) is 0 Å². The van der Waals surface area contributed by atoms with Crippen LogP contribution in [0.2, 0.25) is 0 Å². The van der Waals surface area contributed by atoms with E-state index in [1.807, 2.05) is 6.26 Å². The maximum absolute atomic E-state index is 11.3. The molecule has 0 unspecified atom stereocenters. The van der Waals surface area contributed by atoms with Crippen molar-refractivity contribution in [3.8, 4) is 0 Å². The molecule has 0 aromatic rings. The van der Waals surface area contributed by atoms with Crippen molar-refractivity contribution in [1.82, 2.24) is 0 Å². The Kier molecular flexibility index (Phi) is 6.04. The highest BCUT2D eigenvalue weighted by molar-refractivity contribution is 7.98. The van der Waals surface area contributed by atoms with Gasteiger partial charge >= 0.3 is 0 Å². The van der Waals surface area contributed by atoms with Crippen LogP contribution in [0.15, 0.2) is 12.2 Å². The molecule has 0 fully saturated rings. The van der Waals surface area contributed by atoms with Crippen LogP contribution < -0.4 is 0 Å². The molecule has 0 spiro atoms. The summed E-state index contributed by atoms with van der Waals surface area (Å²) in [6, 6.07) is 0. The van der Waals surface area contributed by atoms with E-state index in [2.05, 4.69) is 0 Å². The second-order valence-electron chi connectivity index (χ2n) is 1.63. The fourth-order valence-electron chi connectivity index (χ4n) is 0.439. The summed E-state index contributed by atoms with van der Waals surface area (Å²) < 4.78 is 22.6. The van der Waals surface area contributed by atoms with Crippen LogP contribution in [0, 0.1) is 0 Å². The van der Waals surface area contributed by atoms with Gasteiger partial charge in [-0.25, -0.2) is 0 Å². The fourth-order valence-corrected chi connectivity index (χ4v) is 0.894. The van der Waals surface area contributed by atoms with E-state index in [0.717, 1.165) is 18.2 Å². The number of rotatable bonds is 4. The Balaban J connectivity index is 3.00. The maximum Gasteiger partial charge on any atom is 0.266 e. The van der Waals surface area contributed by atoms with Crippen molar-refractivity contribution in [2.75, 3.05) is 12.0 Å². The minimum Gasteiger partial charge on any atom is -0.174 e. The summed E-state index contributed by atoms with van der Waals surface area (Å²) in [6.45, 7) is 0. The van der Waals surface area contributed by atoms with Gasteiger partial charge in [0.15, 0.2) is 0 Å². The smallest absolute Gasteiger partial charge is 0.174 e. The lowest BCUT2D eigenvalue weighted by Gasteiger charge is -1.89. The molecule has 0 aliphatic carbocycles. The minimum absolute atomic E-state index is 0.503. The summed E-state index contributed by atoms with van der Waals surface area (Å²) in [5, 5.41) is 0. The topological polar surface area (TPSA) is 0 Å². The average Bonchev–Trinajstić information content (AvgIpc) is 1.80. The van der Waals surface area contributed by atoms with Crippen LogP contribution in [0.1, 0.15) is 12.8 Å². The Morgan fingerprint density at radius 1 is 1.56 bits per heavy atom. The van der Waals surface area contributed by atoms with Gasteiger partial charge in [-0.1, -0.05) is 0 Å². The summed E-state index contributed by atoms with van der Waals surface area (Å²) >= 11 is 1.68. The fraction of sp³-hybridized carbons (Fsp3) is 0.667. The second kappa shape index (κ2) is 6.08. The zero-order valence-corrected chi connectivity index (χ0v) is 6.18. The van der Waals surface area contributed by atoms with Gasteiger partial charge in [0.25, 0.3) is 6.08 Å². The zero-order chi connectivity index (χ0) is 7.11. The summed E-state index contributed by atoms with van der Waals surface area (Å²) in [5.74, 6) is 0.962. The van der Waals surface area contributed by atoms with E-state index >= 15 is 0 Å². The molecule has 9 heavy (non-hydrogen) atoms. The van der Waals surface area contributed by atoms with Gasteiger partial charge in [-0.3, -0.25) is 0 Å². The Morgan fingerprint density at radius 3 is 2.67 bits per heavy atom. The predicted octanol–water partition coefficient (Wildman–Crippen LogP) is 2.91. The van der Waals surface area contributed by atoms with Crippen LogP contribution in [-0.2, 0) is 0 Å². The maximum atomic E-state index is 11.3. The van der Waals surface area contributed by atoms with Crippen molar-refractivity contribution in [1.29, 1.82) is 0 Å². The highest BCUT2D eigenvalue weighted by Crippen LogP contribution is 2.04. The zero-order valence-electron chi connectivity index (χ0n) is 5.36. The summed E-state index contributed by atoms with van der Waals surface area (Å²) in [6.07, 6.45) is 2.73. The van der Waals surface area contributed by atoms with Crippen LogP contribution in [0.25, 0.3) is 0 Å². The molecule has 0 amide bonds. The van der Waals surface area contributed by atoms with Gasteiger partial charge in [0, 0.05) is 0 Å². The van der Waals surface area contributed by atoms with E-state index in [9.17, 15) is 8.78 Å². The molecule has 3 heteroatoms. The molecule has 0 aromatic carbocycles. The van der Waals surface area contributed by atoms with Crippen LogP contribution >= 0.6 is 11.8 Å². The van der Waals surface area contributed by atoms with Crippen molar-refractivity contribution in [3.05, 3.63) is 12.2 Å². The highest BCUT2D eigenvalue weighted by Gasteiger charge is 1.86. The normalized spacial score (nSPS) is 9.22. The van der Waals surface area contributed by atoms with Crippen LogP contribution in [0.3, 0.4) is 0 Å². The summed E-state index contributed by atoms with van der Waals surface area (Å²) in [4.78, 5) is 0. The molecule has 0 nitrogen and oxygen atoms in total. The quantitative estimate of drug-likeness (QED) is 0.558. The van der Waals surface area contributed by atoms with Gasteiger partial charge in [-0.15, -0.1) is 0 Å². The first-order valence-corrected chi connectivity index (χ1v) is 4.17. The van der Waals surface area contributed by atoms with Gasteiger partial charge in [0.05, 0.1) is 0 Å². The van der Waals surface area contributed by atoms with Crippen molar-refractivity contribution in [2.45, 2.75) is 12.8 Å². The lowest BCUT2D eigenvalue weighted by atomic mass is 10.3. The van der Waals surface area contributed by atoms with Crippen LogP contribution in [-0.4, -0.2) is 12.0 Å². The third-order valence-electron chi connectivity index (χ3n) is 0.851. The minimum atomic E-state index is -1.56. The number of thioether (sulfide) groups is 1. The predicted molar refractivity (Wildman–Crippen MR) is 37.9 cm³/mol. The highest BCUT2D eigenvalue weighted by atomic mass is 32.2. The molecule has 0 rings (SSSR count). The van der Waals surface area contributed by atoms with Crippen molar-refractivity contribution in [2.24, 2.45) is 0 Å². The molecule has 0 atom stereocenters. The standard InChI is InChI=1S/C6H10F2S/c1-9-5-3-2-4-6(7)8/h4H,2-3,5H2,1H3. The Morgan fingerprint density at radius 2 is 2.22 bits per heavy atom. The van der Waals surface area contributed by atoms with Gasteiger partial charge in [0.2, 0.25) is 0 Å². The summed E-state index contributed by atoms with van der Waals surface area (Å²) in [7, 11) is 0. The Labute approximate surface area is 58.3 Å². The van der Waals surface area contributed by atoms with E-state index in [-0.39, 0.29) is 0 Å². The SMILES string of the molecule is CSCCCC=C(F)F. The van der Waals surface area contributed by atoms with E-state index in [4.69, 9.17) is 0 Å². The lowest BCUT2D eigenvalue weighted by molar-refractivity contribution is 0.417. The lowest BCUT2D eigenvalue weighted by Crippen LogP contribution is -1.74. The number of hydrogen-bond acceptors (Lipinski definition) is 1. The molecule has 0 saturated carbocycles. The van der Waals surface area contributed by atoms with E-state index in [0.29, 0.717) is 6.42 Å². The molecular weight excluding hydrogens is 142 g/mol. The molecule has 0 saturated heterocycles. The third kappa shape index (κ3) is 7.95. The first-order chi connectivity index (χ1) is 4.27. The van der Waals surface area contributed by atoms with Crippen molar-refractivity contribution in [3.63, 3.8) is 0 Å². The Hall–Kier alpha value is -0.0500. The summed E-state index contributed by atoms with van der Waals surface area (Å²) in [5.41, 5.74) is 0. The van der Waals surface area contributed by atoms with E-state index in [1.54, 1.807) is 11.8 Å². The molecule has 54 valence electrons. The average molecular weight is 152 g/mol. The number of unbranched alkanes of at least 4 members (excludes halogenated alkanes) is 1. The second-order valence-corrected chi connectivity index (χ2v) is 2.61. The molecular formula is C6H10F2S. The van der Waals surface area contributed by atoms with Crippen LogP contribution in [0.4, 0.5) is 8.78 Å². The molecule has 0 aromatic heterocycles. The van der Waals surface area contributed by atoms with Gasteiger partial charge < -0.3 is 0 Å². The molecule has 0 aliphatic rings.